The van der Waals surface area contributed by atoms with Crippen molar-refractivity contribution in [1.82, 2.24) is 4.98 Å². The highest BCUT2D eigenvalue weighted by molar-refractivity contribution is 5.89. The number of pyridine rings is 1. The fraction of sp³-hybridized carbons (Fsp3) is 0.200. The molecule has 1 aromatic heterocycles. The van der Waals surface area contributed by atoms with Gasteiger partial charge in [-0.25, -0.2) is 4.79 Å². The molecule has 4 nitrogen and oxygen atoms in total. The monoisotopic (exact) mass is 256 g/mol. The van der Waals surface area contributed by atoms with Crippen molar-refractivity contribution in [3.05, 3.63) is 59.9 Å². The number of esters is 1. The molecule has 0 saturated carbocycles. The van der Waals surface area contributed by atoms with Gasteiger partial charge < -0.3 is 10.1 Å². The predicted molar refractivity (Wildman–Crippen MR) is 74.1 cm³/mol. The maximum absolute atomic E-state index is 11.3. The van der Waals surface area contributed by atoms with Crippen LogP contribution in [0.3, 0.4) is 0 Å². The lowest BCUT2D eigenvalue weighted by molar-refractivity contribution is 0.0601. The van der Waals surface area contributed by atoms with E-state index in [1.54, 1.807) is 18.3 Å². The third-order valence-electron chi connectivity index (χ3n) is 2.87. The fourth-order valence-corrected chi connectivity index (χ4v) is 1.79. The van der Waals surface area contributed by atoms with Crippen LogP contribution in [-0.2, 0) is 4.74 Å². The molecule has 0 aliphatic rings. The summed E-state index contributed by atoms with van der Waals surface area (Å²) < 4.78 is 4.66. The lowest BCUT2D eigenvalue weighted by atomic mass is 10.1. The Balaban J connectivity index is 2.06. The van der Waals surface area contributed by atoms with E-state index in [0.29, 0.717) is 5.56 Å². The Kier molecular flexibility index (Phi) is 4.13. The molecule has 2 aromatic rings. The average molecular weight is 256 g/mol. The van der Waals surface area contributed by atoms with Gasteiger partial charge >= 0.3 is 5.97 Å². The largest absolute Gasteiger partial charge is 0.465 e. The van der Waals surface area contributed by atoms with Crippen LogP contribution < -0.4 is 5.32 Å². The molecule has 0 spiro atoms. The highest BCUT2D eigenvalue weighted by Crippen LogP contribution is 2.18. The van der Waals surface area contributed by atoms with Gasteiger partial charge in [-0.05, 0) is 42.8 Å². The first-order valence-corrected chi connectivity index (χ1v) is 6.05. The van der Waals surface area contributed by atoms with Gasteiger partial charge in [0.1, 0.15) is 0 Å². The number of nitrogens with one attached hydrogen (secondary N) is 1. The zero-order chi connectivity index (χ0) is 13.7. The van der Waals surface area contributed by atoms with Crippen molar-refractivity contribution in [2.75, 3.05) is 12.4 Å². The molecule has 1 heterocycles. The minimum absolute atomic E-state index is 0.151. The van der Waals surface area contributed by atoms with E-state index in [1.807, 2.05) is 30.5 Å². The summed E-state index contributed by atoms with van der Waals surface area (Å²) >= 11 is 0. The Morgan fingerprint density at radius 1 is 1.26 bits per heavy atom. The molecule has 19 heavy (non-hydrogen) atoms. The number of carbonyl (C=O) groups excluding carboxylic acids is 1. The molecule has 0 saturated heterocycles. The van der Waals surface area contributed by atoms with Gasteiger partial charge in [-0.1, -0.05) is 6.07 Å². The van der Waals surface area contributed by atoms with Crippen molar-refractivity contribution in [3.63, 3.8) is 0 Å². The topological polar surface area (TPSA) is 51.2 Å². The van der Waals surface area contributed by atoms with Crippen molar-refractivity contribution >= 4 is 11.7 Å². The van der Waals surface area contributed by atoms with E-state index in [0.717, 1.165) is 11.3 Å². The minimum Gasteiger partial charge on any atom is -0.465 e. The van der Waals surface area contributed by atoms with Crippen molar-refractivity contribution in [2.45, 2.75) is 13.0 Å². The number of anilines is 1. The summed E-state index contributed by atoms with van der Waals surface area (Å²) in [5, 5.41) is 3.35. The average Bonchev–Trinajstić information content (AvgIpc) is 2.48. The van der Waals surface area contributed by atoms with Gasteiger partial charge in [0, 0.05) is 18.1 Å². The molecule has 2 rings (SSSR count). The summed E-state index contributed by atoms with van der Waals surface area (Å²) in [7, 11) is 1.37. The first-order chi connectivity index (χ1) is 9.20. The quantitative estimate of drug-likeness (QED) is 0.854. The van der Waals surface area contributed by atoms with E-state index in [1.165, 1.54) is 7.11 Å². The number of rotatable bonds is 4. The van der Waals surface area contributed by atoms with Crippen molar-refractivity contribution in [1.29, 1.82) is 0 Å². The van der Waals surface area contributed by atoms with Crippen molar-refractivity contribution in [2.24, 2.45) is 0 Å². The maximum atomic E-state index is 11.3. The molecule has 1 N–H and O–H groups in total. The number of aromatic nitrogens is 1. The van der Waals surface area contributed by atoms with Crippen molar-refractivity contribution in [3.8, 4) is 0 Å². The SMILES string of the molecule is COC(=O)c1ccc(NC(C)c2cccnc2)cc1. The van der Waals surface area contributed by atoms with Crippen LogP contribution in [0.15, 0.2) is 48.8 Å². The van der Waals surface area contributed by atoms with Crippen LogP contribution >= 0.6 is 0 Å². The molecular weight excluding hydrogens is 240 g/mol. The maximum Gasteiger partial charge on any atom is 0.337 e. The van der Waals surface area contributed by atoms with E-state index in [4.69, 9.17) is 0 Å². The van der Waals surface area contributed by atoms with Gasteiger partial charge in [0.2, 0.25) is 0 Å². The van der Waals surface area contributed by atoms with E-state index in [2.05, 4.69) is 22.0 Å². The zero-order valence-electron chi connectivity index (χ0n) is 11.0. The third kappa shape index (κ3) is 3.31. The Labute approximate surface area is 112 Å². The summed E-state index contributed by atoms with van der Waals surface area (Å²) in [5.74, 6) is -0.327. The van der Waals surface area contributed by atoms with Crippen molar-refractivity contribution < 1.29 is 9.53 Å². The molecular formula is C15H16N2O2. The molecule has 0 amide bonds. The molecule has 4 heteroatoms. The lowest BCUT2D eigenvalue weighted by Crippen LogP contribution is -2.07. The molecule has 0 aliphatic heterocycles. The van der Waals surface area contributed by atoms with E-state index in [-0.39, 0.29) is 12.0 Å². The molecule has 1 unspecified atom stereocenters. The van der Waals surface area contributed by atoms with E-state index in [9.17, 15) is 4.79 Å². The van der Waals surface area contributed by atoms with Gasteiger partial charge in [-0.15, -0.1) is 0 Å². The minimum atomic E-state index is -0.327. The summed E-state index contributed by atoms with van der Waals surface area (Å²) in [6, 6.07) is 11.3. The van der Waals surface area contributed by atoms with Gasteiger partial charge in [-0.3, -0.25) is 4.98 Å². The molecule has 1 aromatic carbocycles. The van der Waals surface area contributed by atoms with Crippen LogP contribution in [0.2, 0.25) is 0 Å². The van der Waals surface area contributed by atoms with E-state index >= 15 is 0 Å². The van der Waals surface area contributed by atoms with Crippen LogP contribution in [0, 0.1) is 0 Å². The Hall–Kier alpha value is -2.36. The Morgan fingerprint density at radius 2 is 2.00 bits per heavy atom. The highest BCUT2D eigenvalue weighted by Gasteiger charge is 2.07. The molecule has 0 fully saturated rings. The molecule has 98 valence electrons. The summed E-state index contributed by atoms with van der Waals surface area (Å²) in [6.07, 6.45) is 3.59. The van der Waals surface area contributed by atoms with Crippen LogP contribution in [0.1, 0.15) is 28.9 Å². The normalized spacial score (nSPS) is 11.7. The zero-order valence-corrected chi connectivity index (χ0v) is 11.0. The Bertz CT molecular complexity index is 538. The molecule has 0 radical (unpaired) electrons. The van der Waals surface area contributed by atoms with Gasteiger partial charge in [-0.2, -0.15) is 0 Å². The van der Waals surface area contributed by atoms with Crippen LogP contribution in [0.5, 0.6) is 0 Å². The van der Waals surface area contributed by atoms with Crippen LogP contribution in [0.25, 0.3) is 0 Å². The van der Waals surface area contributed by atoms with Crippen LogP contribution in [0.4, 0.5) is 5.69 Å². The number of hydrogen-bond donors (Lipinski definition) is 1. The summed E-state index contributed by atoms with van der Waals surface area (Å²) in [6.45, 7) is 2.06. The summed E-state index contributed by atoms with van der Waals surface area (Å²) in [5.41, 5.74) is 2.60. The number of hydrogen-bond acceptors (Lipinski definition) is 4. The number of methoxy groups -OCH3 is 1. The second-order valence-electron chi connectivity index (χ2n) is 4.22. The van der Waals surface area contributed by atoms with Crippen LogP contribution in [-0.4, -0.2) is 18.1 Å². The highest BCUT2D eigenvalue weighted by atomic mass is 16.5. The first-order valence-electron chi connectivity index (χ1n) is 6.05. The van der Waals surface area contributed by atoms with Gasteiger partial charge in [0.05, 0.1) is 18.7 Å². The fourth-order valence-electron chi connectivity index (χ4n) is 1.79. The second kappa shape index (κ2) is 6.00. The number of nitrogens with zero attached hydrogens (tertiary/aromatic N) is 1. The van der Waals surface area contributed by atoms with Gasteiger partial charge in [0.25, 0.3) is 0 Å². The molecule has 0 bridgehead atoms. The third-order valence-corrected chi connectivity index (χ3v) is 2.87. The number of benzene rings is 1. The first kappa shape index (κ1) is 13.1. The standard InChI is InChI=1S/C15H16N2O2/c1-11(13-4-3-9-16-10-13)17-14-7-5-12(6-8-14)15(18)19-2/h3-11,17H,1-2H3. The number of ether oxygens (including phenoxy) is 1. The predicted octanol–water partition coefficient (Wildman–Crippen LogP) is 3.04. The Morgan fingerprint density at radius 3 is 2.58 bits per heavy atom. The lowest BCUT2D eigenvalue weighted by Gasteiger charge is -2.15. The summed E-state index contributed by atoms with van der Waals surface area (Å²) in [4.78, 5) is 15.4. The van der Waals surface area contributed by atoms with E-state index < -0.39 is 0 Å². The smallest absolute Gasteiger partial charge is 0.337 e. The molecule has 1 atom stereocenters. The molecule has 0 aliphatic carbocycles. The van der Waals surface area contributed by atoms with Gasteiger partial charge in [0.15, 0.2) is 0 Å². The second-order valence-corrected chi connectivity index (χ2v) is 4.22. The number of carbonyl (C=O) groups is 1.